The van der Waals surface area contributed by atoms with Crippen molar-refractivity contribution in [2.75, 3.05) is 0 Å². The number of fused-ring (bicyclic) bond motifs is 1. The minimum absolute atomic E-state index is 1.01. The molecule has 134 valence electrons. The topological polar surface area (TPSA) is 0 Å². The largest absolute Gasteiger partial charge is 0.168 e. The number of benzene rings is 3. The Kier molecular flexibility index (Phi) is 8.22. The summed E-state index contributed by atoms with van der Waals surface area (Å²) in [5, 5.41) is 2.66. The molecule has 28 heavy (non-hydrogen) atoms. The predicted molar refractivity (Wildman–Crippen MR) is 117 cm³/mol. The van der Waals surface area contributed by atoms with Crippen LogP contribution in [0.3, 0.4) is 0 Å². The SMILES string of the molecule is [C-]1=CC=CC1.[Zr+2]=[C](c1ccccc1)c1ccccc1.c1ccc2[cH-]ccc2c1. The van der Waals surface area contributed by atoms with Gasteiger partial charge >= 0.3 is 99.2 Å². The fourth-order valence-electron chi connectivity index (χ4n) is 2.79. The third kappa shape index (κ3) is 6.29. The summed E-state index contributed by atoms with van der Waals surface area (Å²) in [4.78, 5) is 0. The Morgan fingerprint density at radius 3 is 1.86 bits per heavy atom. The van der Waals surface area contributed by atoms with Crippen LogP contribution in [0.4, 0.5) is 0 Å². The van der Waals surface area contributed by atoms with Gasteiger partial charge in [0.05, 0.1) is 0 Å². The van der Waals surface area contributed by atoms with E-state index in [1.54, 1.807) is 0 Å². The van der Waals surface area contributed by atoms with Crippen LogP contribution in [0, 0.1) is 6.08 Å². The van der Waals surface area contributed by atoms with Gasteiger partial charge in [-0.15, -0.1) is 36.1 Å². The van der Waals surface area contributed by atoms with Crippen LogP contribution in [0.2, 0.25) is 0 Å². The Morgan fingerprint density at radius 2 is 1.36 bits per heavy atom. The van der Waals surface area contributed by atoms with Crippen LogP contribution in [0.15, 0.2) is 121 Å². The van der Waals surface area contributed by atoms with E-state index in [2.05, 4.69) is 115 Å². The summed E-state index contributed by atoms with van der Waals surface area (Å²) in [6.45, 7) is 0. The maximum atomic E-state index is 2.99. The van der Waals surface area contributed by atoms with Crippen molar-refractivity contribution in [3.8, 4) is 0 Å². The average Bonchev–Trinajstić information content (AvgIpc) is 3.50. The van der Waals surface area contributed by atoms with Gasteiger partial charge in [0, 0.05) is 0 Å². The molecule has 0 aromatic heterocycles. The number of hydrogen-bond acceptors (Lipinski definition) is 0. The van der Waals surface area contributed by atoms with Crippen LogP contribution in [-0.4, -0.2) is 3.21 Å². The van der Waals surface area contributed by atoms with Crippen molar-refractivity contribution in [2.45, 2.75) is 6.42 Å². The molecule has 0 radical (unpaired) electrons. The molecule has 1 heteroatoms. The second kappa shape index (κ2) is 11.4. The van der Waals surface area contributed by atoms with Gasteiger partial charge in [-0.25, -0.2) is 12.2 Å². The van der Waals surface area contributed by atoms with E-state index in [4.69, 9.17) is 0 Å². The van der Waals surface area contributed by atoms with E-state index in [0.29, 0.717) is 0 Å². The molecule has 0 N–H and O–H groups in total. The van der Waals surface area contributed by atoms with E-state index in [1.165, 1.54) is 49.3 Å². The van der Waals surface area contributed by atoms with Crippen molar-refractivity contribution < 1.29 is 24.2 Å². The molecule has 1 aliphatic rings. The first-order chi connectivity index (χ1) is 13.8. The molecule has 4 aromatic rings. The Hall–Kier alpha value is -2.50. The summed E-state index contributed by atoms with van der Waals surface area (Å²) in [6.07, 6.45) is 10.0. The predicted octanol–water partition coefficient (Wildman–Crippen LogP) is 6.67. The third-order valence-corrected chi connectivity index (χ3v) is 5.68. The second-order valence-corrected chi connectivity index (χ2v) is 7.49. The number of allylic oxidation sites excluding steroid dienone is 4. The fraction of sp³-hybridized carbons (Fsp3) is 0.0370. The van der Waals surface area contributed by atoms with Crippen molar-refractivity contribution in [3.63, 3.8) is 0 Å². The van der Waals surface area contributed by atoms with Crippen molar-refractivity contribution in [1.82, 2.24) is 0 Å². The van der Waals surface area contributed by atoms with E-state index in [0.717, 1.165) is 6.42 Å². The Bertz CT molecular complexity index is 956. The summed E-state index contributed by atoms with van der Waals surface area (Å²) in [5.41, 5.74) is 2.66. The standard InChI is InChI=1S/C13H10.C9H7.C5H5.Zr/c1-3-7-12(8-4-1)11-13-9-5-2-6-10-13;1-2-5-9-7-3-6-8(9)4-1;1-2-4-5-3-1;/h1-10H;1-7H;1-3H,4H2;/q;2*-1;+2. The maximum absolute atomic E-state index is 2.99. The van der Waals surface area contributed by atoms with Crippen molar-refractivity contribution in [2.24, 2.45) is 0 Å². The molecule has 0 spiro atoms. The molecule has 0 fully saturated rings. The zero-order valence-corrected chi connectivity index (χ0v) is 18.2. The molecule has 0 bridgehead atoms. The molecule has 0 heterocycles. The van der Waals surface area contributed by atoms with E-state index in [9.17, 15) is 0 Å². The molecule has 0 atom stereocenters. The van der Waals surface area contributed by atoms with E-state index in [-0.39, 0.29) is 0 Å². The third-order valence-electron chi connectivity index (χ3n) is 4.26. The summed E-state index contributed by atoms with van der Waals surface area (Å²) in [7, 11) is 0. The van der Waals surface area contributed by atoms with Crippen LogP contribution in [0.25, 0.3) is 10.8 Å². The smallest absolute Gasteiger partial charge is 0.0809 e. The van der Waals surface area contributed by atoms with Gasteiger partial charge in [0.25, 0.3) is 0 Å². The minimum Gasteiger partial charge on any atom is -0.168 e. The van der Waals surface area contributed by atoms with Gasteiger partial charge < -0.3 is 0 Å². The zero-order valence-electron chi connectivity index (χ0n) is 15.8. The van der Waals surface area contributed by atoms with Crippen molar-refractivity contribution in [3.05, 3.63) is 139 Å². The summed E-state index contributed by atoms with van der Waals surface area (Å²) in [6, 6.07) is 35.8. The summed E-state index contributed by atoms with van der Waals surface area (Å²) in [5.74, 6) is 0. The fourth-order valence-corrected chi connectivity index (χ4v) is 3.61. The quantitative estimate of drug-likeness (QED) is 0.307. The van der Waals surface area contributed by atoms with Gasteiger partial charge in [-0.2, -0.15) is 23.6 Å². The minimum atomic E-state index is 1.01. The maximum Gasteiger partial charge on any atom is -0.0809 e. The normalized spacial score (nSPS) is 11.4. The van der Waals surface area contributed by atoms with Crippen molar-refractivity contribution >= 4 is 14.0 Å². The Morgan fingerprint density at radius 1 is 0.750 bits per heavy atom. The molecule has 0 saturated carbocycles. The molecule has 0 aliphatic heterocycles. The second-order valence-electron chi connectivity index (χ2n) is 6.26. The van der Waals surface area contributed by atoms with Crippen molar-refractivity contribution in [1.29, 1.82) is 0 Å². The van der Waals surface area contributed by atoms with E-state index in [1.807, 2.05) is 12.2 Å². The van der Waals surface area contributed by atoms with Gasteiger partial charge in [0.2, 0.25) is 0 Å². The van der Waals surface area contributed by atoms with E-state index < -0.39 is 0 Å². The molecule has 5 rings (SSSR count). The monoisotopic (exact) mass is 436 g/mol. The summed E-state index contributed by atoms with van der Waals surface area (Å²) < 4.78 is 1.42. The molecular formula is C27H22Zr. The molecule has 0 unspecified atom stereocenters. The zero-order chi connectivity index (χ0) is 19.4. The van der Waals surface area contributed by atoms with Gasteiger partial charge in [-0.3, -0.25) is 6.08 Å². The Labute approximate surface area is 182 Å². The number of rotatable bonds is 2. The van der Waals surface area contributed by atoms with Crippen LogP contribution in [0.5, 0.6) is 0 Å². The van der Waals surface area contributed by atoms with Gasteiger partial charge in [0.15, 0.2) is 0 Å². The summed E-state index contributed by atoms with van der Waals surface area (Å²) >= 11 is 1.46. The van der Waals surface area contributed by atoms with Crippen LogP contribution >= 0.6 is 0 Å². The Balaban J connectivity index is 0.000000136. The van der Waals surface area contributed by atoms with Crippen LogP contribution in [0.1, 0.15) is 17.5 Å². The molecule has 1 aliphatic carbocycles. The van der Waals surface area contributed by atoms with Crippen LogP contribution < -0.4 is 0 Å². The van der Waals surface area contributed by atoms with Gasteiger partial charge in [-0.1, -0.05) is 6.07 Å². The molecular weight excluding hydrogens is 416 g/mol. The molecule has 4 aromatic carbocycles. The first kappa shape index (κ1) is 20.2. The van der Waals surface area contributed by atoms with Gasteiger partial charge in [0.1, 0.15) is 0 Å². The van der Waals surface area contributed by atoms with E-state index >= 15 is 0 Å². The molecule has 0 nitrogen and oxygen atoms in total. The first-order valence-electron chi connectivity index (χ1n) is 9.36. The number of hydrogen-bond donors (Lipinski definition) is 0. The first-order valence-corrected chi connectivity index (χ1v) is 10.6. The van der Waals surface area contributed by atoms with Gasteiger partial charge in [-0.05, 0) is 0 Å². The molecule has 0 amide bonds. The molecule has 0 saturated heterocycles. The average molecular weight is 438 g/mol. The van der Waals surface area contributed by atoms with Crippen LogP contribution in [-0.2, 0) is 24.2 Å².